The Kier molecular flexibility index (Phi) is 4.30. The van der Waals surface area contributed by atoms with Crippen LogP contribution in [0, 0.1) is 0 Å². The summed E-state index contributed by atoms with van der Waals surface area (Å²) >= 11 is 0. The number of benzene rings is 5. The monoisotopic (exact) mass is 386 g/mol. The van der Waals surface area contributed by atoms with Crippen molar-refractivity contribution in [3.63, 3.8) is 0 Å². The van der Waals surface area contributed by atoms with Crippen molar-refractivity contribution in [3.8, 4) is 0 Å². The van der Waals surface area contributed by atoms with Gasteiger partial charge in [-0.3, -0.25) is 0 Å². The van der Waals surface area contributed by atoms with E-state index in [1.165, 1.54) is 82.0 Å². The molecule has 2 bridgehead atoms. The van der Waals surface area contributed by atoms with E-state index in [1.54, 1.807) is 11.1 Å². The molecule has 0 radical (unpaired) electrons. The van der Waals surface area contributed by atoms with Crippen molar-refractivity contribution in [1.29, 1.82) is 0 Å². The van der Waals surface area contributed by atoms with Crippen molar-refractivity contribution in [3.05, 3.63) is 107 Å². The summed E-state index contributed by atoms with van der Waals surface area (Å²) < 4.78 is 0. The maximum atomic E-state index is 2.35. The lowest BCUT2D eigenvalue weighted by atomic mass is 9.86. The van der Waals surface area contributed by atoms with E-state index < -0.39 is 0 Å². The van der Waals surface area contributed by atoms with Gasteiger partial charge in [0.05, 0.1) is 0 Å². The lowest BCUT2D eigenvalue weighted by molar-refractivity contribution is 0.690. The zero-order valence-corrected chi connectivity index (χ0v) is 17.3. The standard InChI is InChI=1S/C18H16.C12H10/c1-3-7-15-13(5-1)9-11-18-16-8-4-2-6-14(16)10-12-17(15)18;1-2-4-12-10-7-5-9(6-8-10)11(12)3-1/h1,3,5,7,9-12H,2,4,6,8H2;1-5,7H,6,8H2. The highest BCUT2D eigenvalue weighted by Gasteiger charge is 2.13. The molecule has 0 nitrogen and oxygen atoms in total. The fourth-order valence-electron chi connectivity index (χ4n) is 5.47. The molecule has 0 saturated carbocycles. The molecule has 0 spiro atoms. The van der Waals surface area contributed by atoms with Gasteiger partial charge >= 0.3 is 0 Å². The summed E-state index contributed by atoms with van der Waals surface area (Å²) in [6, 6.07) is 31.2. The van der Waals surface area contributed by atoms with E-state index in [1.807, 2.05) is 0 Å². The second-order valence-corrected chi connectivity index (χ2v) is 8.72. The fourth-order valence-corrected chi connectivity index (χ4v) is 5.47. The van der Waals surface area contributed by atoms with Crippen molar-refractivity contribution in [1.82, 2.24) is 0 Å². The summed E-state index contributed by atoms with van der Waals surface area (Å²) in [7, 11) is 0. The third kappa shape index (κ3) is 2.91. The molecule has 0 fully saturated rings. The molecular formula is C30H26. The quantitative estimate of drug-likeness (QED) is 0.238. The van der Waals surface area contributed by atoms with Crippen LogP contribution in [0.4, 0.5) is 0 Å². The fraction of sp³-hybridized carbons (Fsp3) is 0.200. The number of aryl methyl sites for hydroxylation is 4. The zero-order valence-electron chi connectivity index (χ0n) is 17.3. The van der Waals surface area contributed by atoms with Gasteiger partial charge in [0.1, 0.15) is 0 Å². The van der Waals surface area contributed by atoms with Crippen LogP contribution in [-0.2, 0) is 25.7 Å². The predicted octanol–water partition coefficient (Wildman–Crippen LogP) is 7.81. The SMILES string of the molecule is c1ccc2c(c1)ccc1c3c(ccc12)CCCC3.c1ccc2c3ccc(c2c1)CC3. The van der Waals surface area contributed by atoms with Gasteiger partial charge in [0.25, 0.3) is 0 Å². The van der Waals surface area contributed by atoms with E-state index >= 15 is 0 Å². The summed E-state index contributed by atoms with van der Waals surface area (Å²) in [5, 5.41) is 8.56. The molecule has 0 atom stereocenters. The highest BCUT2D eigenvalue weighted by Crippen LogP contribution is 2.33. The lowest BCUT2D eigenvalue weighted by Crippen LogP contribution is -2.02. The van der Waals surface area contributed by atoms with Crippen molar-refractivity contribution >= 4 is 32.3 Å². The van der Waals surface area contributed by atoms with Crippen LogP contribution in [0.1, 0.15) is 35.1 Å². The maximum Gasteiger partial charge on any atom is -0.0102 e. The van der Waals surface area contributed by atoms with E-state index in [4.69, 9.17) is 0 Å². The Balaban J connectivity index is 0.000000126. The Hall–Kier alpha value is -3.12. The van der Waals surface area contributed by atoms with Crippen molar-refractivity contribution in [2.75, 3.05) is 0 Å². The Bertz CT molecular complexity index is 1350. The summed E-state index contributed by atoms with van der Waals surface area (Å²) in [6.07, 6.45) is 7.69. The van der Waals surface area contributed by atoms with Gasteiger partial charge in [-0.1, -0.05) is 84.9 Å². The number of hydrogen-bond acceptors (Lipinski definition) is 0. The van der Waals surface area contributed by atoms with Crippen molar-refractivity contribution in [2.24, 2.45) is 0 Å². The molecule has 0 aliphatic heterocycles. The van der Waals surface area contributed by atoms with Crippen LogP contribution < -0.4 is 0 Å². The highest BCUT2D eigenvalue weighted by molar-refractivity contribution is 6.08. The van der Waals surface area contributed by atoms with Crippen LogP contribution in [-0.4, -0.2) is 0 Å². The van der Waals surface area contributed by atoms with Gasteiger partial charge in [-0.25, -0.2) is 0 Å². The molecule has 0 aromatic heterocycles. The van der Waals surface area contributed by atoms with Gasteiger partial charge < -0.3 is 0 Å². The smallest absolute Gasteiger partial charge is 0.0102 e. The van der Waals surface area contributed by atoms with Crippen LogP contribution in [0.5, 0.6) is 0 Å². The summed E-state index contributed by atoms with van der Waals surface area (Å²) in [5.41, 5.74) is 6.20. The largest absolute Gasteiger partial charge is 0.0616 e. The van der Waals surface area contributed by atoms with Crippen LogP contribution in [0.3, 0.4) is 0 Å². The topological polar surface area (TPSA) is 0 Å². The third-order valence-electron chi connectivity index (χ3n) is 7.03. The summed E-state index contributed by atoms with van der Waals surface area (Å²) in [6.45, 7) is 0. The first kappa shape index (κ1) is 17.7. The Morgan fingerprint density at radius 3 is 1.70 bits per heavy atom. The van der Waals surface area contributed by atoms with Crippen molar-refractivity contribution in [2.45, 2.75) is 38.5 Å². The molecule has 0 heterocycles. The Labute approximate surface area is 178 Å². The molecule has 146 valence electrons. The van der Waals surface area contributed by atoms with Gasteiger partial charge in [-0.15, -0.1) is 0 Å². The van der Waals surface area contributed by atoms with Crippen molar-refractivity contribution < 1.29 is 0 Å². The van der Waals surface area contributed by atoms with Gasteiger partial charge in [0.15, 0.2) is 0 Å². The number of rotatable bonds is 0. The van der Waals surface area contributed by atoms with Gasteiger partial charge in [-0.05, 0) is 93.1 Å². The molecule has 0 N–H and O–H groups in total. The molecule has 3 aliphatic carbocycles. The molecule has 0 heteroatoms. The molecule has 5 aromatic carbocycles. The predicted molar refractivity (Wildman–Crippen MR) is 129 cm³/mol. The van der Waals surface area contributed by atoms with Crippen LogP contribution in [0.15, 0.2) is 84.9 Å². The minimum absolute atomic E-state index is 1.24. The third-order valence-corrected chi connectivity index (χ3v) is 7.03. The second kappa shape index (κ2) is 7.29. The average molecular weight is 387 g/mol. The first-order valence-corrected chi connectivity index (χ1v) is 11.3. The van der Waals surface area contributed by atoms with E-state index in [9.17, 15) is 0 Å². The minimum Gasteiger partial charge on any atom is -0.0616 e. The Morgan fingerprint density at radius 1 is 0.367 bits per heavy atom. The summed E-state index contributed by atoms with van der Waals surface area (Å²) in [4.78, 5) is 0. The van der Waals surface area contributed by atoms with E-state index in [-0.39, 0.29) is 0 Å². The molecule has 0 saturated heterocycles. The van der Waals surface area contributed by atoms with E-state index in [2.05, 4.69) is 84.9 Å². The normalized spacial score (nSPS) is 14.5. The molecular weight excluding hydrogens is 360 g/mol. The maximum absolute atomic E-state index is 2.35. The number of hydrogen-bond donors (Lipinski definition) is 0. The van der Waals surface area contributed by atoms with E-state index in [0.29, 0.717) is 0 Å². The summed E-state index contributed by atoms with van der Waals surface area (Å²) in [5.74, 6) is 0. The zero-order chi connectivity index (χ0) is 19.9. The van der Waals surface area contributed by atoms with E-state index in [0.717, 1.165) is 0 Å². The lowest BCUT2D eigenvalue weighted by Gasteiger charge is -2.18. The number of fused-ring (bicyclic) bond motifs is 7. The van der Waals surface area contributed by atoms with Gasteiger partial charge in [-0.2, -0.15) is 0 Å². The highest BCUT2D eigenvalue weighted by atomic mass is 14.2. The van der Waals surface area contributed by atoms with Gasteiger partial charge in [0.2, 0.25) is 0 Å². The van der Waals surface area contributed by atoms with Crippen LogP contribution in [0.2, 0.25) is 0 Å². The molecule has 0 amide bonds. The van der Waals surface area contributed by atoms with Gasteiger partial charge in [0, 0.05) is 0 Å². The Morgan fingerprint density at radius 2 is 0.967 bits per heavy atom. The van der Waals surface area contributed by atoms with Crippen LogP contribution >= 0.6 is 0 Å². The molecule has 30 heavy (non-hydrogen) atoms. The molecule has 3 aliphatic rings. The minimum atomic E-state index is 1.24. The first-order valence-electron chi connectivity index (χ1n) is 11.3. The molecule has 5 aromatic rings. The average Bonchev–Trinajstić information content (AvgIpc) is 2.85. The second-order valence-electron chi connectivity index (χ2n) is 8.72. The molecule has 8 rings (SSSR count). The van der Waals surface area contributed by atoms with Crippen LogP contribution in [0.25, 0.3) is 32.3 Å². The molecule has 0 unspecified atom stereocenters. The first-order chi connectivity index (χ1) is 14.9.